The number of hydrogen-bond acceptors (Lipinski definition) is 4. The third kappa shape index (κ3) is 4.63. The number of hydrogen-bond donors (Lipinski definition) is 1. The first-order valence-electron chi connectivity index (χ1n) is 7.13. The molecule has 9 heteroatoms. The number of amides is 1. The first-order valence-corrected chi connectivity index (χ1v) is 9.11. The highest BCUT2D eigenvalue weighted by atomic mass is 35.5. The first-order chi connectivity index (χ1) is 10.8. The van der Waals surface area contributed by atoms with E-state index in [1.807, 2.05) is 0 Å². The van der Waals surface area contributed by atoms with Crippen molar-refractivity contribution in [3.63, 3.8) is 0 Å². The van der Waals surface area contributed by atoms with Gasteiger partial charge in [-0.3, -0.25) is 4.79 Å². The molecule has 1 heterocycles. The van der Waals surface area contributed by atoms with E-state index < -0.39 is 21.7 Å². The van der Waals surface area contributed by atoms with Crippen LogP contribution < -0.4 is 5.32 Å². The maximum Gasteiger partial charge on any atom is 0.255 e. The summed E-state index contributed by atoms with van der Waals surface area (Å²) in [6.45, 7) is 2.59. The zero-order valence-electron chi connectivity index (χ0n) is 12.6. The Morgan fingerprint density at radius 1 is 1.52 bits per heavy atom. The van der Waals surface area contributed by atoms with Gasteiger partial charge in [0.15, 0.2) is 0 Å². The smallest absolute Gasteiger partial charge is 0.255 e. The molecular weight excluding hydrogens is 347 g/mol. The summed E-state index contributed by atoms with van der Waals surface area (Å²) in [7, 11) is -3.50. The van der Waals surface area contributed by atoms with Crippen LogP contribution >= 0.6 is 11.6 Å². The Balaban J connectivity index is 1.92. The Kier molecular flexibility index (Phi) is 5.96. The fraction of sp³-hybridized carbons (Fsp3) is 0.500. The topological polar surface area (TPSA) is 75.7 Å². The summed E-state index contributed by atoms with van der Waals surface area (Å²) in [6, 6.07) is 3.90. The van der Waals surface area contributed by atoms with Gasteiger partial charge < -0.3 is 10.1 Å². The number of nitrogens with zero attached hydrogens (tertiary/aromatic N) is 1. The molecule has 0 bridgehead atoms. The lowest BCUT2D eigenvalue weighted by atomic mass is 10.2. The molecule has 1 amide bonds. The van der Waals surface area contributed by atoms with Gasteiger partial charge in [0.25, 0.3) is 5.91 Å². The van der Waals surface area contributed by atoms with Crippen LogP contribution in [0.2, 0.25) is 5.02 Å². The summed E-state index contributed by atoms with van der Waals surface area (Å²) in [4.78, 5) is 11.9. The summed E-state index contributed by atoms with van der Waals surface area (Å²) in [5.41, 5.74) is -0.286. The minimum atomic E-state index is -3.50. The maximum absolute atomic E-state index is 13.6. The molecule has 1 unspecified atom stereocenters. The van der Waals surface area contributed by atoms with Crippen molar-refractivity contribution < 1.29 is 22.3 Å². The molecule has 0 saturated carbocycles. The molecule has 1 fully saturated rings. The average molecular weight is 365 g/mol. The number of carbonyl (C=O) groups is 1. The Morgan fingerprint density at radius 3 is 2.91 bits per heavy atom. The third-order valence-corrected chi connectivity index (χ3v) is 5.59. The van der Waals surface area contributed by atoms with Crippen LogP contribution in [0.15, 0.2) is 18.2 Å². The molecule has 1 N–H and O–H groups in total. The van der Waals surface area contributed by atoms with Crippen molar-refractivity contribution in [2.24, 2.45) is 0 Å². The van der Waals surface area contributed by atoms with E-state index in [1.54, 1.807) is 6.92 Å². The zero-order valence-corrected chi connectivity index (χ0v) is 14.2. The standard InChI is InChI=1S/C14H18ClFN2O4S/c1-10-9-18(6-7-22-10)23(20,21)8-5-17-14(19)13-11(15)3-2-4-12(13)16/h2-4,10H,5-9H2,1H3,(H,17,19). The number of halogens is 2. The average Bonchev–Trinajstić information content (AvgIpc) is 2.47. The molecule has 1 aliphatic heterocycles. The number of ether oxygens (including phenoxy) is 1. The molecule has 6 nitrogen and oxygen atoms in total. The van der Waals surface area contributed by atoms with Crippen LogP contribution in [0.1, 0.15) is 17.3 Å². The quantitative estimate of drug-likeness (QED) is 0.853. The predicted molar refractivity (Wildman–Crippen MR) is 84.5 cm³/mol. The highest BCUT2D eigenvalue weighted by Gasteiger charge is 2.27. The molecule has 23 heavy (non-hydrogen) atoms. The van der Waals surface area contributed by atoms with E-state index in [0.717, 1.165) is 6.07 Å². The minimum Gasteiger partial charge on any atom is -0.376 e. The van der Waals surface area contributed by atoms with E-state index in [2.05, 4.69) is 5.32 Å². The van der Waals surface area contributed by atoms with Crippen LogP contribution in [0.25, 0.3) is 0 Å². The van der Waals surface area contributed by atoms with Crippen LogP contribution in [-0.2, 0) is 14.8 Å². The number of nitrogens with one attached hydrogen (secondary N) is 1. The van der Waals surface area contributed by atoms with Crippen molar-refractivity contribution in [1.82, 2.24) is 9.62 Å². The van der Waals surface area contributed by atoms with Crippen molar-refractivity contribution in [1.29, 1.82) is 0 Å². The molecule has 128 valence electrons. The van der Waals surface area contributed by atoms with Gasteiger partial charge in [-0.05, 0) is 19.1 Å². The lowest BCUT2D eigenvalue weighted by Gasteiger charge is -2.30. The maximum atomic E-state index is 13.6. The van der Waals surface area contributed by atoms with Gasteiger partial charge in [-0.15, -0.1) is 0 Å². The summed E-state index contributed by atoms with van der Waals surface area (Å²) in [6.07, 6.45) is -0.162. The third-order valence-electron chi connectivity index (χ3n) is 3.43. The molecule has 1 aromatic rings. The van der Waals surface area contributed by atoms with Gasteiger partial charge in [0, 0.05) is 19.6 Å². The second kappa shape index (κ2) is 7.57. The normalized spacial score (nSPS) is 19.5. The number of benzene rings is 1. The highest BCUT2D eigenvalue weighted by Crippen LogP contribution is 2.18. The highest BCUT2D eigenvalue weighted by molar-refractivity contribution is 7.89. The minimum absolute atomic E-state index is 0.0210. The molecule has 0 radical (unpaired) electrons. The van der Waals surface area contributed by atoms with Gasteiger partial charge in [0.2, 0.25) is 10.0 Å². The monoisotopic (exact) mass is 364 g/mol. The van der Waals surface area contributed by atoms with Crippen molar-refractivity contribution in [3.8, 4) is 0 Å². The van der Waals surface area contributed by atoms with Gasteiger partial charge in [-0.2, -0.15) is 4.31 Å². The molecule has 2 rings (SSSR count). The Labute approximate surface area is 139 Å². The zero-order chi connectivity index (χ0) is 17.0. The fourth-order valence-electron chi connectivity index (χ4n) is 2.26. The first kappa shape index (κ1) is 18.1. The van der Waals surface area contributed by atoms with Gasteiger partial charge >= 0.3 is 0 Å². The van der Waals surface area contributed by atoms with Crippen LogP contribution in [0.5, 0.6) is 0 Å². The van der Waals surface area contributed by atoms with Crippen LogP contribution in [-0.4, -0.2) is 56.7 Å². The van der Waals surface area contributed by atoms with Gasteiger partial charge in [-0.1, -0.05) is 17.7 Å². The van der Waals surface area contributed by atoms with Gasteiger partial charge in [0.1, 0.15) is 5.82 Å². The molecule has 0 spiro atoms. The lowest BCUT2D eigenvalue weighted by molar-refractivity contribution is 0.0102. The lowest BCUT2D eigenvalue weighted by Crippen LogP contribution is -2.46. The van der Waals surface area contributed by atoms with Crippen molar-refractivity contribution in [3.05, 3.63) is 34.6 Å². The van der Waals surface area contributed by atoms with Crippen molar-refractivity contribution in [2.75, 3.05) is 32.0 Å². The summed E-state index contributed by atoms with van der Waals surface area (Å²) in [5.74, 6) is -1.75. The van der Waals surface area contributed by atoms with E-state index >= 15 is 0 Å². The fourth-order valence-corrected chi connectivity index (χ4v) is 3.92. The van der Waals surface area contributed by atoms with Crippen LogP contribution in [0.3, 0.4) is 0 Å². The molecule has 1 saturated heterocycles. The second-order valence-corrected chi connectivity index (χ2v) is 7.70. The van der Waals surface area contributed by atoms with Crippen molar-refractivity contribution >= 4 is 27.5 Å². The van der Waals surface area contributed by atoms with Crippen LogP contribution in [0.4, 0.5) is 4.39 Å². The van der Waals surface area contributed by atoms with Crippen LogP contribution in [0, 0.1) is 5.82 Å². The Bertz CT molecular complexity index is 663. The number of sulfonamides is 1. The van der Waals surface area contributed by atoms with E-state index in [0.29, 0.717) is 13.2 Å². The summed E-state index contributed by atoms with van der Waals surface area (Å²) >= 11 is 5.79. The molecular formula is C14H18ClFN2O4S. The SMILES string of the molecule is CC1CN(S(=O)(=O)CCNC(=O)c2c(F)cccc2Cl)CCO1. The molecule has 0 aliphatic carbocycles. The molecule has 1 aliphatic rings. The molecule has 1 aromatic carbocycles. The Morgan fingerprint density at radius 2 is 2.26 bits per heavy atom. The number of carbonyl (C=O) groups excluding carboxylic acids is 1. The predicted octanol–water partition coefficient (Wildman–Crippen LogP) is 1.26. The largest absolute Gasteiger partial charge is 0.376 e. The number of morpholine rings is 1. The van der Waals surface area contributed by atoms with E-state index in [4.69, 9.17) is 16.3 Å². The molecule has 0 aromatic heterocycles. The summed E-state index contributed by atoms with van der Waals surface area (Å²) in [5, 5.41) is 2.37. The van der Waals surface area contributed by atoms with E-state index in [9.17, 15) is 17.6 Å². The van der Waals surface area contributed by atoms with E-state index in [-0.39, 0.29) is 35.5 Å². The Hall–Kier alpha value is -1.22. The second-order valence-electron chi connectivity index (χ2n) is 5.21. The molecule has 1 atom stereocenters. The van der Waals surface area contributed by atoms with Crippen molar-refractivity contribution in [2.45, 2.75) is 13.0 Å². The number of rotatable bonds is 5. The van der Waals surface area contributed by atoms with E-state index in [1.165, 1.54) is 16.4 Å². The van der Waals surface area contributed by atoms with Gasteiger partial charge in [-0.25, -0.2) is 12.8 Å². The van der Waals surface area contributed by atoms with Gasteiger partial charge in [0.05, 0.1) is 29.0 Å². The summed E-state index contributed by atoms with van der Waals surface area (Å²) < 4.78 is 44.6.